The van der Waals surface area contributed by atoms with Gasteiger partial charge >= 0.3 is 0 Å². The molecule has 0 aliphatic rings. The van der Waals surface area contributed by atoms with Crippen LogP contribution in [0.3, 0.4) is 0 Å². The van der Waals surface area contributed by atoms with Crippen molar-refractivity contribution < 1.29 is 4.79 Å². The Bertz CT molecular complexity index is 463. The van der Waals surface area contributed by atoms with Gasteiger partial charge in [0.2, 0.25) is 5.91 Å². The van der Waals surface area contributed by atoms with Crippen molar-refractivity contribution in [3.8, 4) is 0 Å². The number of carbonyl (C=O) groups excluding carboxylic acids is 1. The number of hydrogen-bond acceptors (Lipinski definition) is 3. The van der Waals surface area contributed by atoms with Crippen molar-refractivity contribution in [2.45, 2.75) is 33.7 Å². The predicted molar refractivity (Wildman–Crippen MR) is 89.7 cm³/mol. The van der Waals surface area contributed by atoms with Crippen molar-refractivity contribution in [3.63, 3.8) is 0 Å². The lowest BCUT2D eigenvalue weighted by atomic mass is 10.1. The summed E-state index contributed by atoms with van der Waals surface area (Å²) in [4.78, 5) is 13.2. The topological polar surface area (TPSA) is 58.4 Å². The maximum atomic E-state index is 11.2. The molecule has 0 aromatic heterocycles. The summed E-state index contributed by atoms with van der Waals surface area (Å²) in [6.07, 6.45) is 1.09. The van der Waals surface area contributed by atoms with Gasteiger partial charge in [0, 0.05) is 23.8 Å². The number of nitrogens with zero attached hydrogens (tertiary/aromatic N) is 1. The average molecular weight is 312 g/mol. The number of nitrogens with two attached hydrogens (primary N) is 1. The minimum Gasteiger partial charge on any atom is -0.368 e. The first-order valence-corrected chi connectivity index (χ1v) is 7.84. The van der Waals surface area contributed by atoms with Crippen molar-refractivity contribution in [2.24, 2.45) is 11.7 Å². The molecule has 1 aromatic rings. The lowest BCUT2D eigenvalue weighted by Gasteiger charge is -2.26. The van der Waals surface area contributed by atoms with E-state index in [2.05, 4.69) is 26.1 Å². The lowest BCUT2D eigenvalue weighted by molar-refractivity contribution is -0.116. The highest BCUT2D eigenvalue weighted by molar-refractivity contribution is 6.31. The van der Waals surface area contributed by atoms with Gasteiger partial charge in [0.05, 0.1) is 6.54 Å². The Morgan fingerprint density at radius 1 is 1.43 bits per heavy atom. The summed E-state index contributed by atoms with van der Waals surface area (Å²) in [6, 6.07) is 5.92. The van der Waals surface area contributed by atoms with E-state index < -0.39 is 0 Å². The fourth-order valence-corrected chi connectivity index (χ4v) is 2.41. The molecular formula is C16H26ClN3O. The van der Waals surface area contributed by atoms with Crippen LogP contribution in [0.5, 0.6) is 0 Å². The van der Waals surface area contributed by atoms with E-state index >= 15 is 0 Å². The molecule has 0 aliphatic heterocycles. The van der Waals surface area contributed by atoms with Crippen molar-refractivity contribution in [3.05, 3.63) is 28.8 Å². The van der Waals surface area contributed by atoms with Crippen LogP contribution in [0, 0.1) is 5.92 Å². The van der Waals surface area contributed by atoms with Crippen molar-refractivity contribution in [2.75, 3.05) is 24.5 Å². The fourth-order valence-electron chi connectivity index (χ4n) is 2.17. The number of halogens is 1. The Morgan fingerprint density at radius 3 is 2.67 bits per heavy atom. The smallest absolute Gasteiger partial charge is 0.236 e. The molecular weight excluding hydrogens is 286 g/mol. The maximum absolute atomic E-state index is 11.2. The van der Waals surface area contributed by atoms with Crippen LogP contribution in [0.25, 0.3) is 0 Å². The third kappa shape index (κ3) is 6.36. The molecule has 0 saturated carbocycles. The van der Waals surface area contributed by atoms with Gasteiger partial charge in [-0.2, -0.15) is 0 Å². The van der Waals surface area contributed by atoms with Crippen LogP contribution >= 0.6 is 11.6 Å². The van der Waals surface area contributed by atoms with Crippen LogP contribution < -0.4 is 16.0 Å². The molecule has 0 spiro atoms. The molecule has 118 valence electrons. The number of benzene rings is 1. The van der Waals surface area contributed by atoms with Crippen molar-refractivity contribution >= 4 is 23.2 Å². The molecule has 21 heavy (non-hydrogen) atoms. The Labute approximate surface area is 132 Å². The van der Waals surface area contributed by atoms with E-state index in [-0.39, 0.29) is 12.5 Å². The number of carbonyl (C=O) groups is 1. The minimum absolute atomic E-state index is 0.210. The zero-order valence-corrected chi connectivity index (χ0v) is 13.9. The zero-order chi connectivity index (χ0) is 15.8. The molecule has 0 radical (unpaired) electrons. The monoisotopic (exact) mass is 311 g/mol. The van der Waals surface area contributed by atoms with E-state index in [4.69, 9.17) is 17.3 Å². The van der Waals surface area contributed by atoms with Gasteiger partial charge in [-0.05, 0) is 36.6 Å². The molecule has 0 bridgehead atoms. The van der Waals surface area contributed by atoms with Crippen molar-refractivity contribution in [1.82, 2.24) is 5.32 Å². The normalized spacial score (nSPS) is 10.9. The van der Waals surface area contributed by atoms with E-state index in [1.807, 2.05) is 23.1 Å². The summed E-state index contributed by atoms with van der Waals surface area (Å²) in [5, 5.41) is 4.05. The molecule has 0 aliphatic carbocycles. The highest BCUT2D eigenvalue weighted by Gasteiger charge is 2.13. The molecule has 0 unspecified atom stereocenters. The van der Waals surface area contributed by atoms with E-state index in [9.17, 15) is 4.79 Å². The van der Waals surface area contributed by atoms with Crippen molar-refractivity contribution in [1.29, 1.82) is 0 Å². The molecule has 1 aromatic carbocycles. The number of amides is 1. The van der Waals surface area contributed by atoms with E-state index in [1.165, 1.54) is 0 Å². The largest absolute Gasteiger partial charge is 0.368 e. The molecule has 0 saturated heterocycles. The zero-order valence-electron chi connectivity index (χ0n) is 13.2. The third-order valence-electron chi connectivity index (χ3n) is 3.08. The summed E-state index contributed by atoms with van der Waals surface area (Å²) in [5.41, 5.74) is 7.34. The molecule has 1 amide bonds. The van der Waals surface area contributed by atoms with Gasteiger partial charge in [-0.25, -0.2) is 0 Å². The second-order valence-electron chi connectivity index (χ2n) is 5.69. The first kappa shape index (κ1) is 17.8. The second kappa shape index (κ2) is 8.90. The molecule has 4 nitrogen and oxygen atoms in total. The Kier molecular flexibility index (Phi) is 7.54. The summed E-state index contributed by atoms with van der Waals surface area (Å²) < 4.78 is 0. The van der Waals surface area contributed by atoms with E-state index in [1.54, 1.807) is 0 Å². The van der Waals surface area contributed by atoms with Gasteiger partial charge in [0.15, 0.2) is 0 Å². The number of anilines is 1. The van der Waals surface area contributed by atoms with Crippen LogP contribution in [0.2, 0.25) is 5.02 Å². The van der Waals surface area contributed by atoms with Crippen LogP contribution in [-0.4, -0.2) is 25.5 Å². The van der Waals surface area contributed by atoms with Crippen LogP contribution in [0.15, 0.2) is 18.2 Å². The standard InChI is InChI=1S/C16H26ClN3O/c1-4-7-19-9-13-5-6-14(8-15(13)17)20(10-12(2)3)11-16(18)21/h5-6,8,12,19H,4,7,9-11H2,1-3H3,(H2,18,21). The summed E-state index contributed by atoms with van der Waals surface area (Å²) in [5.74, 6) is 0.106. The van der Waals surface area contributed by atoms with E-state index in [0.29, 0.717) is 10.9 Å². The second-order valence-corrected chi connectivity index (χ2v) is 6.10. The van der Waals surface area contributed by atoms with Gasteiger partial charge < -0.3 is 16.0 Å². The number of nitrogens with one attached hydrogen (secondary N) is 1. The van der Waals surface area contributed by atoms with Gasteiger partial charge in [-0.3, -0.25) is 4.79 Å². The Balaban J connectivity index is 2.84. The maximum Gasteiger partial charge on any atom is 0.236 e. The van der Waals surface area contributed by atoms with Crippen LogP contribution in [-0.2, 0) is 11.3 Å². The number of hydrogen-bond donors (Lipinski definition) is 2. The number of rotatable bonds is 9. The summed E-state index contributed by atoms with van der Waals surface area (Å²) in [7, 11) is 0. The lowest BCUT2D eigenvalue weighted by Crippen LogP contribution is -2.36. The average Bonchev–Trinajstić information content (AvgIpc) is 2.39. The number of primary amides is 1. The first-order valence-electron chi connectivity index (χ1n) is 7.46. The fraction of sp³-hybridized carbons (Fsp3) is 0.562. The van der Waals surface area contributed by atoms with E-state index in [0.717, 1.165) is 37.3 Å². The summed E-state index contributed by atoms with van der Waals surface area (Å²) in [6.45, 7) is 9.06. The predicted octanol–water partition coefficient (Wildman–Crippen LogP) is 2.79. The minimum atomic E-state index is -0.333. The van der Waals surface area contributed by atoms with Gasteiger partial charge in [0.1, 0.15) is 0 Å². The SMILES string of the molecule is CCCNCc1ccc(N(CC(N)=O)CC(C)C)cc1Cl. The third-order valence-corrected chi connectivity index (χ3v) is 3.43. The molecule has 1 rings (SSSR count). The molecule has 0 fully saturated rings. The van der Waals surface area contributed by atoms with Crippen LogP contribution in [0.4, 0.5) is 5.69 Å². The van der Waals surface area contributed by atoms with Gasteiger partial charge in [-0.1, -0.05) is 38.4 Å². The quantitative estimate of drug-likeness (QED) is 0.689. The van der Waals surface area contributed by atoms with Gasteiger partial charge in [-0.15, -0.1) is 0 Å². The molecule has 5 heteroatoms. The highest BCUT2D eigenvalue weighted by Crippen LogP contribution is 2.24. The van der Waals surface area contributed by atoms with Gasteiger partial charge in [0.25, 0.3) is 0 Å². The van der Waals surface area contributed by atoms with Crippen LogP contribution in [0.1, 0.15) is 32.8 Å². The molecule has 0 atom stereocenters. The Hall–Kier alpha value is -1.26. The molecule has 0 heterocycles. The summed E-state index contributed by atoms with van der Waals surface area (Å²) >= 11 is 6.34. The highest BCUT2D eigenvalue weighted by atomic mass is 35.5. The Morgan fingerprint density at radius 2 is 2.14 bits per heavy atom. The first-order chi connectivity index (χ1) is 9.93. The molecule has 3 N–H and O–H groups in total.